The predicted octanol–water partition coefficient (Wildman–Crippen LogP) is 4.99. The molecule has 1 unspecified atom stereocenters. The molecule has 0 radical (unpaired) electrons. The molecule has 1 aromatic rings. The van der Waals surface area contributed by atoms with Crippen molar-refractivity contribution in [1.29, 1.82) is 0 Å². The molecule has 0 aromatic heterocycles. The van der Waals surface area contributed by atoms with Crippen molar-refractivity contribution in [3.05, 3.63) is 29.3 Å². The summed E-state index contributed by atoms with van der Waals surface area (Å²) in [7, 11) is -2.09. The van der Waals surface area contributed by atoms with E-state index in [1.54, 1.807) is 0 Å². The molecule has 3 rings (SSSR count). The van der Waals surface area contributed by atoms with Crippen LogP contribution in [0.25, 0.3) is 0 Å². The molecule has 1 aromatic carbocycles. The highest BCUT2D eigenvalue weighted by molar-refractivity contribution is 6.74. The summed E-state index contributed by atoms with van der Waals surface area (Å²) in [5, 5.41) is 0.221. The first-order valence-corrected chi connectivity index (χ1v) is 12.8. The van der Waals surface area contributed by atoms with Gasteiger partial charge < -0.3 is 13.7 Å². The summed E-state index contributed by atoms with van der Waals surface area (Å²) in [6.45, 7) is 20.0. The Morgan fingerprint density at radius 1 is 1.08 bits per heavy atom. The van der Waals surface area contributed by atoms with Crippen LogP contribution in [0.1, 0.15) is 72.1 Å². The van der Waals surface area contributed by atoms with E-state index in [2.05, 4.69) is 79.8 Å². The van der Waals surface area contributed by atoms with Gasteiger partial charge in [0, 0.05) is 0 Å². The van der Waals surface area contributed by atoms with Gasteiger partial charge in [-0.05, 0) is 75.3 Å². The van der Waals surface area contributed by atoms with Gasteiger partial charge in [-0.1, -0.05) is 39.0 Å². The Kier molecular flexibility index (Phi) is 4.80. The Labute approximate surface area is 161 Å². The molecule has 5 heteroatoms. The maximum Gasteiger partial charge on any atom is 0.495 e. The second-order valence-corrected chi connectivity index (χ2v) is 15.2. The number of hydrogen-bond donors (Lipinski definition) is 0. The van der Waals surface area contributed by atoms with Crippen LogP contribution in [0.5, 0.6) is 0 Å². The Morgan fingerprint density at radius 3 is 2.19 bits per heavy atom. The third-order valence-electron chi connectivity index (χ3n) is 7.00. The maximum absolute atomic E-state index is 6.75. The van der Waals surface area contributed by atoms with E-state index in [9.17, 15) is 0 Å². The quantitative estimate of drug-likeness (QED) is 0.697. The molecule has 1 saturated heterocycles. The summed E-state index contributed by atoms with van der Waals surface area (Å²) < 4.78 is 19.4. The zero-order valence-electron chi connectivity index (χ0n) is 18.0. The predicted molar refractivity (Wildman–Crippen MR) is 112 cm³/mol. The lowest BCUT2D eigenvalue weighted by Crippen LogP contribution is -2.41. The van der Waals surface area contributed by atoms with E-state index in [0.717, 1.165) is 12.8 Å². The van der Waals surface area contributed by atoms with Gasteiger partial charge in [-0.25, -0.2) is 0 Å². The molecule has 1 atom stereocenters. The summed E-state index contributed by atoms with van der Waals surface area (Å²) in [6, 6.07) is 6.52. The zero-order chi connectivity index (χ0) is 19.5. The van der Waals surface area contributed by atoms with Crippen LogP contribution in [0.2, 0.25) is 18.1 Å². The Morgan fingerprint density at radius 2 is 1.65 bits per heavy atom. The van der Waals surface area contributed by atoms with Gasteiger partial charge in [-0.3, -0.25) is 0 Å². The second kappa shape index (κ2) is 6.20. The van der Waals surface area contributed by atoms with Crippen molar-refractivity contribution in [3.63, 3.8) is 0 Å². The highest BCUT2D eigenvalue weighted by Gasteiger charge is 2.52. The van der Waals surface area contributed by atoms with E-state index in [4.69, 9.17) is 13.7 Å². The lowest BCUT2D eigenvalue weighted by molar-refractivity contribution is 0.00578. The molecule has 0 bridgehead atoms. The Bertz CT molecular complexity index is 675. The van der Waals surface area contributed by atoms with Crippen molar-refractivity contribution in [2.75, 3.05) is 0 Å². The second-order valence-electron chi connectivity index (χ2n) is 10.4. The van der Waals surface area contributed by atoms with Crippen LogP contribution in [-0.4, -0.2) is 26.6 Å². The van der Waals surface area contributed by atoms with Crippen molar-refractivity contribution in [1.82, 2.24) is 0 Å². The van der Waals surface area contributed by atoms with E-state index in [1.807, 2.05) is 0 Å². The first-order valence-electron chi connectivity index (χ1n) is 9.90. The normalized spacial score (nSPS) is 24.8. The lowest BCUT2D eigenvalue weighted by atomic mass is 9.75. The van der Waals surface area contributed by atoms with Gasteiger partial charge in [0.15, 0.2) is 8.32 Å². The number of fused-ring (bicyclic) bond motifs is 1. The molecule has 1 fully saturated rings. The fourth-order valence-corrected chi connectivity index (χ4v) is 4.80. The Balaban J connectivity index is 1.88. The lowest BCUT2D eigenvalue weighted by Gasteiger charge is -2.38. The molecular formula is C21H35BO3Si. The van der Waals surface area contributed by atoms with E-state index in [0.29, 0.717) is 0 Å². The van der Waals surface area contributed by atoms with Gasteiger partial charge in [0.2, 0.25) is 0 Å². The van der Waals surface area contributed by atoms with Crippen molar-refractivity contribution >= 4 is 20.9 Å². The van der Waals surface area contributed by atoms with Crippen molar-refractivity contribution in [3.8, 4) is 0 Å². The van der Waals surface area contributed by atoms with E-state index >= 15 is 0 Å². The first-order chi connectivity index (χ1) is 11.8. The molecule has 0 spiro atoms. The molecule has 1 aliphatic carbocycles. The molecule has 0 saturated carbocycles. The zero-order valence-corrected chi connectivity index (χ0v) is 19.0. The minimum absolute atomic E-state index is 0.202. The van der Waals surface area contributed by atoms with Crippen molar-refractivity contribution in [2.24, 2.45) is 0 Å². The van der Waals surface area contributed by atoms with Crippen molar-refractivity contribution < 1.29 is 13.7 Å². The van der Waals surface area contributed by atoms with Gasteiger partial charge in [-0.15, -0.1) is 0 Å². The average Bonchev–Trinajstić information content (AvgIpc) is 2.96. The van der Waals surface area contributed by atoms with Crippen LogP contribution in [0.15, 0.2) is 18.2 Å². The highest BCUT2D eigenvalue weighted by atomic mass is 28.4. The smallest absolute Gasteiger partial charge is 0.410 e. The van der Waals surface area contributed by atoms with Gasteiger partial charge in [0.25, 0.3) is 0 Å². The fraction of sp³-hybridized carbons (Fsp3) is 0.714. The summed E-state index contributed by atoms with van der Waals surface area (Å²) in [5.74, 6) is 0. The summed E-state index contributed by atoms with van der Waals surface area (Å²) in [5.41, 5.74) is 3.27. The van der Waals surface area contributed by atoms with Gasteiger partial charge in [0.1, 0.15) is 0 Å². The van der Waals surface area contributed by atoms with Crippen LogP contribution in [0.4, 0.5) is 0 Å². The molecule has 3 nitrogen and oxygen atoms in total. The third kappa shape index (κ3) is 3.32. The molecule has 144 valence electrons. The average molecular weight is 374 g/mol. The monoisotopic (exact) mass is 374 g/mol. The summed E-state index contributed by atoms with van der Waals surface area (Å²) in [6.07, 6.45) is 2.29. The maximum atomic E-state index is 6.75. The fourth-order valence-electron chi connectivity index (χ4n) is 3.49. The Hall–Kier alpha value is -0.618. The van der Waals surface area contributed by atoms with E-state index < -0.39 is 8.32 Å². The van der Waals surface area contributed by atoms with Gasteiger partial charge >= 0.3 is 7.12 Å². The molecule has 1 heterocycles. The van der Waals surface area contributed by atoms with Crippen LogP contribution in [0, 0.1) is 0 Å². The first kappa shape index (κ1) is 20.1. The number of hydrogen-bond acceptors (Lipinski definition) is 3. The summed E-state index contributed by atoms with van der Waals surface area (Å²) in [4.78, 5) is 0. The third-order valence-corrected chi connectivity index (χ3v) is 11.5. The molecule has 0 N–H and O–H groups in total. The van der Waals surface area contributed by atoms with Crippen LogP contribution in [0.3, 0.4) is 0 Å². The molecular weight excluding hydrogens is 339 g/mol. The minimum Gasteiger partial charge on any atom is -0.410 e. The molecule has 26 heavy (non-hydrogen) atoms. The molecule has 1 aliphatic heterocycles. The van der Waals surface area contributed by atoms with E-state index in [1.165, 1.54) is 16.6 Å². The number of rotatable bonds is 3. The van der Waals surface area contributed by atoms with Crippen LogP contribution < -0.4 is 5.46 Å². The largest absolute Gasteiger partial charge is 0.495 e. The van der Waals surface area contributed by atoms with Gasteiger partial charge in [-0.2, -0.15) is 0 Å². The van der Waals surface area contributed by atoms with E-state index in [-0.39, 0.29) is 29.5 Å². The van der Waals surface area contributed by atoms with Crippen LogP contribution in [-0.2, 0) is 20.2 Å². The molecule has 2 aliphatic rings. The topological polar surface area (TPSA) is 27.7 Å². The van der Waals surface area contributed by atoms with Gasteiger partial charge in [0.05, 0.1) is 17.3 Å². The van der Waals surface area contributed by atoms with Crippen molar-refractivity contribution in [2.45, 2.75) is 96.7 Å². The highest BCUT2D eigenvalue weighted by Crippen LogP contribution is 2.44. The molecule has 0 amide bonds. The summed E-state index contributed by atoms with van der Waals surface area (Å²) >= 11 is 0. The SMILES string of the molecule is CC1(C)OB(c2cccc3c2CCC3O[Si](C)(C)C(C)(C)C)OC1(C)C. The number of benzene rings is 1. The standard InChI is InChI=1S/C21H35BO3Si/c1-19(2,3)26(8,9)23-18-14-13-15-16(18)11-10-12-17(15)22-24-20(4,5)21(6,7)25-22/h10-12,18H,13-14H2,1-9H3. The van der Waals surface area contributed by atoms with Crippen LogP contribution >= 0.6 is 0 Å². The minimum atomic E-state index is -1.80.